The van der Waals surface area contributed by atoms with Gasteiger partial charge in [0.05, 0.1) is 12.7 Å². The fourth-order valence-electron chi connectivity index (χ4n) is 2.71. The number of aromatic nitrogens is 1. The summed E-state index contributed by atoms with van der Waals surface area (Å²) in [4.78, 5) is 16.1. The number of benzene rings is 2. The van der Waals surface area contributed by atoms with E-state index in [9.17, 15) is 9.90 Å². The van der Waals surface area contributed by atoms with E-state index in [1.807, 2.05) is 13.0 Å². The number of primary amides is 1. The van der Waals surface area contributed by atoms with Gasteiger partial charge in [0.1, 0.15) is 17.3 Å². The predicted molar refractivity (Wildman–Crippen MR) is 97.6 cm³/mol. The van der Waals surface area contributed by atoms with Crippen LogP contribution in [0.15, 0.2) is 46.9 Å². The second-order valence-corrected chi connectivity index (χ2v) is 6.19. The van der Waals surface area contributed by atoms with Gasteiger partial charge in [0, 0.05) is 10.9 Å². The third-order valence-corrected chi connectivity index (χ3v) is 4.28. The van der Waals surface area contributed by atoms with Crippen molar-refractivity contribution < 1.29 is 19.1 Å². The van der Waals surface area contributed by atoms with Crippen LogP contribution >= 0.6 is 11.6 Å². The Morgan fingerprint density at radius 1 is 1.31 bits per heavy atom. The summed E-state index contributed by atoms with van der Waals surface area (Å²) in [7, 11) is 1.51. The van der Waals surface area contributed by atoms with Gasteiger partial charge in [-0.2, -0.15) is 0 Å². The molecule has 0 unspecified atom stereocenters. The van der Waals surface area contributed by atoms with E-state index in [4.69, 9.17) is 26.5 Å². The molecule has 3 rings (SSSR count). The Morgan fingerprint density at radius 3 is 2.73 bits per heavy atom. The number of carbonyl (C=O) groups excluding carboxylic acids is 1. The minimum absolute atomic E-state index is 0.0258. The van der Waals surface area contributed by atoms with Crippen LogP contribution in [0.25, 0.3) is 11.5 Å². The van der Waals surface area contributed by atoms with Crippen LogP contribution < -0.4 is 10.5 Å². The van der Waals surface area contributed by atoms with Crippen LogP contribution in [0.5, 0.6) is 11.5 Å². The molecule has 1 atom stereocenters. The molecular weight excluding hydrogens is 356 g/mol. The Hall–Kier alpha value is -2.99. The number of phenols is 1. The molecule has 0 aliphatic carbocycles. The highest BCUT2D eigenvalue weighted by molar-refractivity contribution is 6.30. The zero-order chi connectivity index (χ0) is 18.8. The molecule has 26 heavy (non-hydrogen) atoms. The molecule has 1 heterocycles. The largest absolute Gasteiger partial charge is 0.508 e. The maximum Gasteiger partial charge on any atom is 0.271 e. The standard InChI is InChI=1S/C19H17ClN2O4/c1-10(11-4-3-5-13(23)8-11)17-16(18(21)24)22-19(26-17)14-9-12(20)6-7-15(14)25-2/h3-10,23H,1-2H3,(H2,21,24)/t10-/m0/s1. The van der Waals surface area contributed by atoms with E-state index < -0.39 is 5.91 Å². The number of oxazole rings is 1. The molecule has 0 fully saturated rings. The van der Waals surface area contributed by atoms with Crippen molar-refractivity contribution in [1.29, 1.82) is 0 Å². The van der Waals surface area contributed by atoms with Gasteiger partial charge < -0.3 is 20.0 Å². The Bertz CT molecular complexity index is 968. The number of nitrogens with zero attached hydrogens (tertiary/aromatic N) is 1. The molecule has 7 heteroatoms. The molecule has 3 aromatic rings. The summed E-state index contributed by atoms with van der Waals surface area (Å²) >= 11 is 6.06. The van der Waals surface area contributed by atoms with Crippen molar-refractivity contribution in [1.82, 2.24) is 4.98 Å². The number of rotatable bonds is 5. The van der Waals surface area contributed by atoms with E-state index in [0.29, 0.717) is 22.1 Å². The van der Waals surface area contributed by atoms with Crippen molar-refractivity contribution in [2.24, 2.45) is 5.73 Å². The average molecular weight is 373 g/mol. The third kappa shape index (κ3) is 3.36. The molecule has 0 bridgehead atoms. The van der Waals surface area contributed by atoms with Gasteiger partial charge in [-0.15, -0.1) is 0 Å². The van der Waals surface area contributed by atoms with E-state index in [0.717, 1.165) is 5.56 Å². The second-order valence-electron chi connectivity index (χ2n) is 5.76. The number of hydrogen-bond donors (Lipinski definition) is 2. The molecule has 0 saturated carbocycles. The number of phenolic OH excluding ortho intramolecular Hbond substituents is 1. The number of methoxy groups -OCH3 is 1. The lowest BCUT2D eigenvalue weighted by Gasteiger charge is -2.10. The maximum atomic E-state index is 11.9. The Morgan fingerprint density at radius 2 is 2.08 bits per heavy atom. The fraction of sp³-hybridized carbons (Fsp3) is 0.158. The minimum atomic E-state index is -0.706. The molecule has 1 amide bonds. The highest BCUT2D eigenvalue weighted by atomic mass is 35.5. The monoisotopic (exact) mass is 372 g/mol. The van der Waals surface area contributed by atoms with Crippen molar-refractivity contribution in [3.05, 3.63) is 64.5 Å². The summed E-state index contributed by atoms with van der Waals surface area (Å²) in [6, 6.07) is 11.7. The topological polar surface area (TPSA) is 98.6 Å². The first-order valence-corrected chi connectivity index (χ1v) is 8.22. The minimum Gasteiger partial charge on any atom is -0.508 e. The van der Waals surface area contributed by atoms with E-state index in [1.54, 1.807) is 36.4 Å². The van der Waals surface area contributed by atoms with Crippen LogP contribution in [-0.2, 0) is 0 Å². The smallest absolute Gasteiger partial charge is 0.271 e. The Balaban J connectivity index is 2.13. The van der Waals surface area contributed by atoms with Crippen LogP contribution in [0, 0.1) is 0 Å². The first-order chi connectivity index (χ1) is 12.4. The lowest BCUT2D eigenvalue weighted by molar-refractivity contribution is 0.0994. The number of nitrogens with two attached hydrogens (primary N) is 1. The molecule has 0 radical (unpaired) electrons. The highest BCUT2D eigenvalue weighted by Crippen LogP contribution is 2.36. The van der Waals surface area contributed by atoms with Gasteiger partial charge in [-0.3, -0.25) is 4.79 Å². The molecule has 3 N–H and O–H groups in total. The highest BCUT2D eigenvalue weighted by Gasteiger charge is 2.26. The molecule has 0 saturated heterocycles. The molecule has 2 aromatic carbocycles. The maximum absolute atomic E-state index is 11.9. The van der Waals surface area contributed by atoms with Crippen LogP contribution in [0.3, 0.4) is 0 Å². The number of amides is 1. The van der Waals surface area contributed by atoms with Gasteiger partial charge in [-0.05, 0) is 35.9 Å². The number of hydrogen-bond acceptors (Lipinski definition) is 5. The predicted octanol–water partition coefficient (Wildman–Crippen LogP) is 3.96. The Labute approximate surface area is 155 Å². The summed E-state index contributed by atoms with van der Waals surface area (Å²) in [6.07, 6.45) is 0. The second kappa shape index (κ2) is 7.09. The van der Waals surface area contributed by atoms with E-state index in [2.05, 4.69) is 4.98 Å². The normalized spacial score (nSPS) is 12.0. The van der Waals surface area contributed by atoms with Gasteiger partial charge in [0.15, 0.2) is 5.69 Å². The molecule has 0 aliphatic rings. The molecule has 134 valence electrons. The van der Waals surface area contributed by atoms with E-state index in [1.165, 1.54) is 7.11 Å². The molecule has 0 aliphatic heterocycles. The van der Waals surface area contributed by atoms with Crippen molar-refractivity contribution in [3.8, 4) is 23.0 Å². The summed E-state index contributed by atoms with van der Waals surface area (Å²) < 4.78 is 11.2. The molecule has 6 nitrogen and oxygen atoms in total. The fourth-order valence-corrected chi connectivity index (χ4v) is 2.88. The van der Waals surface area contributed by atoms with E-state index >= 15 is 0 Å². The van der Waals surface area contributed by atoms with Crippen LogP contribution in [0.1, 0.15) is 34.7 Å². The van der Waals surface area contributed by atoms with Crippen molar-refractivity contribution in [2.75, 3.05) is 7.11 Å². The lowest BCUT2D eigenvalue weighted by atomic mass is 9.97. The average Bonchev–Trinajstić information content (AvgIpc) is 3.06. The molecule has 0 spiro atoms. The zero-order valence-corrected chi connectivity index (χ0v) is 14.9. The summed E-state index contributed by atoms with van der Waals surface area (Å²) in [5, 5.41) is 10.2. The van der Waals surface area contributed by atoms with Gasteiger partial charge in [-0.1, -0.05) is 30.7 Å². The molecule has 1 aromatic heterocycles. The van der Waals surface area contributed by atoms with Crippen LogP contribution in [-0.4, -0.2) is 23.1 Å². The quantitative estimate of drug-likeness (QED) is 0.706. The van der Waals surface area contributed by atoms with Gasteiger partial charge in [-0.25, -0.2) is 4.98 Å². The van der Waals surface area contributed by atoms with Crippen LogP contribution in [0.4, 0.5) is 0 Å². The third-order valence-electron chi connectivity index (χ3n) is 4.04. The summed E-state index contributed by atoms with van der Waals surface area (Å²) in [5.41, 5.74) is 6.78. The summed E-state index contributed by atoms with van der Waals surface area (Å²) in [5.74, 6) is 0.0498. The number of aromatic hydroxyl groups is 1. The first-order valence-electron chi connectivity index (χ1n) is 7.84. The van der Waals surface area contributed by atoms with Crippen molar-refractivity contribution in [2.45, 2.75) is 12.8 Å². The van der Waals surface area contributed by atoms with Crippen molar-refractivity contribution in [3.63, 3.8) is 0 Å². The number of halogens is 1. The molecular formula is C19H17ClN2O4. The Kier molecular flexibility index (Phi) is 4.86. The SMILES string of the molecule is COc1ccc(Cl)cc1-c1nc(C(N)=O)c([C@@H](C)c2cccc(O)c2)o1. The van der Waals surface area contributed by atoms with Crippen molar-refractivity contribution >= 4 is 17.5 Å². The first kappa shape index (κ1) is 17.8. The number of ether oxygens (including phenoxy) is 1. The van der Waals surface area contributed by atoms with Gasteiger partial charge in [0.2, 0.25) is 5.89 Å². The lowest BCUT2D eigenvalue weighted by Crippen LogP contribution is -2.15. The summed E-state index contributed by atoms with van der Waals surface area (Å²) in [6.45, 7) is 1.83. The van der Waals surface area contributed by atoms with E-state index in [-0.39, 0.29) is 23.3 Å². The zero-order valence-electron chi connectivity index (χ0n) is 14.2. The number of carbonyl (C=O) groups is 1. The van der Waals surface area contributed by atoms with Crippen LogP contribution in [0.2, 0.25) is 5.02 Å². The van der Waals surface area contributed by atoms with Gasteiger partial charge >= 0.3 is 0 Å². The van der Waals surface area contributed by atoms with Gasteiger partial charge in [0.25, 0.3) is 5.91 Å².